The molecule has 4 heteroatoms. The van der Waals surface area contributed by atoms with E-state index in [1.807, 2.05) is 39.0 Å². The first-order chi connectivity index (χ1) is 7.99. The molecule has 88 valence electrons. The molecule has 4 nitrogen and oxygen atoms in total. The first-order valence-electron chi connectivity index (χ1n) is 5.43. The summed E-state index contributed by atoms with van der Waals surface area (Å²) in [5.74, 6) is -0.437. The van der Waals surface area contributed by atoms with Gasteiger partial charge in [-0.05, 0) is 44.5 Å². The summed E-state index contributed by atoms with van der Waals surface area (Å²) in [5.41, 5.74) is 9.57. The van der Waals surface area contributed by atoms with Crippen molar-refractivity contribution >= 4 is 5.91 Å². The van der Waals surface area contributed by atoms with Crippen molar-refractivity contribution in [1.29, 1.82) is 0 Å². The van der Waals surface area contributed by atoms with Crippen molar-refractivity contribution in [3.63, 3.8) is 0 Å². The second kappa shape index (κ2) is 4.05. The number of rotatable bonds is 2. The Morgan fingerprint density at radius 2 is 1.94 bits per heavy atom. The molecule has 0 bridgehead atoms. The number of benzene rings is 1. The Labute approximate surface area is 100 Å². The van der Waals surface area contributed by atoms with E-state index < -0.39 is 5.91 Å². The molecule has 0 saturated heterocycles. The summed E-state index contributed by atoms with van der Waals surface area (Å²) >= 11 is 0. The highest BCUT2D eigenvalue weighted by Gasteiger charge is 2.12. The van der Waals surface area contributed by atoms with Gasteiger partial charge in [0, 0.05) is 5.69 Å². The Morgan fingerprint density at radius 1 is 1.24 bits per heavy atom. The van der Waals surface area contributed by atoms with Crippen LogP contribution < -0.4 is 5.73 Å². The summed E-state index contributed by atoms with van der Waals surface area (Å²) in [6.45, 7) is 5.84. The molecule has 0 fully saturated rings. The predicted molar refractivity (Wildman–Crippen MR) is 66.3 cm³/mol. The normalized spacial score (nSPS) is 10.5. The zero-order valence-corrected chi connectivity index (χ0v) is 10.2. The van der Waals surface area contributed by atoms with Gasteiger partial charge in [-0.1, -0.05) is 6.07 Å². The Kier molecular flexibility index (Phi) is 2.71. The van der Waals surface area contributed by atoms with Crippen LogP contribution in [-0.2, 0) is 0 Å². The maximum Gasteiger partial charge on any atom is 0.250 e. The number of carbonyl (C=O) groups excluding carboxylic acids is 1. The van der Waals surface area contributed by atoms with Gasteiger partial charge in [-0.3, -0.25) is 4.79 Å². The van der Waals surface area contributed by atoms with Crippen LogP contribution in [0.25, 0.3) is 5.69 Å². The molecule has 0 aliphatic carbocycles. The summed E-state index contributed by atoms with van der Waals surface area (Å²) in [7, 11) is 0. The minimum Gasteiger partial charge on any atom is -0.366 e. The van der Waals surface area contributed by atoms with Gasteiger partial charge in [0.1, 0.15) is 0 Å². The highest BCUT2D eigenvalue weighted by atomic mass is 16.1. The number of amides is 1. The quantitative estimate of drug-likeness (QED) is 0.854. The van der Waals surface area contributed by atoms with E-state index in [9.17, 15) is 4.79 Å². The molecule has 1 heterocycles. The second-order valence-corrected chi connectivity index (χ2v) is 4.22. The van der Waals surface area contributed by atoms with Crippen molar-refractivity contribution in [2.24, 2.45) is 5.73 Å². The Balaban J connectivity index is 2.69. The van der Waals surface area contributed by atoms with E-state index >= 15 is 0 Å². The number of aryl methyl sites for hydroxylation is 3. The lowest BCUT2D eigenvalue weighted by Gasteiger charge is -2.09. The van der Waals surface area contributed by atoms with Crippen molar-refractivity contribution in [1.82, 2.24) is 9.78 Å². The number of nitrogens with zero attached hydrogens (tertiary/aromatic N) is 2. The van der Waals surface area contributed by atoms with Crippen molar-refractivity contribution < 1.29 is 4.79 Å². The van der Waals surface area contributed by atoms with Crippen LogP contribution in [0, 0.1) is 20.8 Å². The molecule has 2 rings (SSSR count). The van der Waals surface area contributed by atoms with Crippen LogP contribution in [0.3, 0.4) is 0 Å². The third kappa shape index (κ3) is 2.06. The summed E-state index contributed by atoms with van der Waals surface area (Å²) in [5, 5.41) is 4.37. The zero-order chi connectivity index (χ0) is 12.6. The van der Waals surface area contributed by atoms with E-state index in [0.717, 1.165) is 22.6 Å². The molecule has 0 spiro atoms. The molecule has 0 aliphatic heterocycles. The van der Waals surface area contributed by atoms with Gasteiger partial charge < -0.3 is 5.73 Å². The van der Waals surface area contributed by atoms with Gasteiger partial charge in [-0.2, -0.15) is 5.10 Å². The summed E-state index contributed by atoms with van der Waals surface area (Å²) < 4.78 is 1.75. The SMILES string of the molecule is Cc1ccc(C(N)=O)c(-n2nc(C)cc2C)c1. The second-order valence-electron chi connectivity index (χ2n) is 4.22. The van der Waals surface area contributed by atoms with Crippen LogP contribution in [0.4, 0.5) is 0 Å². The largest absolute Gasteiger partial charge is 0.366 e. The summed E-state index contributed by atoms with van der Waals surface area (Å²) in [6.07, 6.45) is 0. The first kappa shape index (κ1) is 11.4. The molecular weight excluding hydrogens is 214 g/mol. The molecule has 1 amide bonds. The zero-order valence-electron chi connectivity index (χ0n) is 10.2. The molecule has 0 saturated carbocycles. The summed E-state index contributed by atoms with van der Waals surface area (Å²) in [6, 6.07) is 7.49. The van der Waals surface area contributed by atoms with Crippen LogP contribution in [-0.4, -0.2) is 15.7 Å². The molecule has 0 atom stereocenters. The Hall–Kier alpha value is -2.10. The third-order valence-corrected chi connectivity index (χ3v) is 2.66. The monoisotopic (exact) mass is 229 g/mol. The van der Waals surface area contributed by atoms with Crippen molar-refractivity contribution in [2.75, 3.05) is 0 Å². The smallest absolute Gasteiger partial charge is 0.250 e. The minimum absolute atomic E-state index is 0.437. The number of hydrogen-bond acceptors (Lipinski definition) is 2. The van der Waals surface area contributed by atoms with E-state index in [-0.39, 0.29) is 0 Å². The standard InChI is InChI=1S/C13H15N3O/c1-8-4-5-11(13(14)17)12(6-8)16-10(3)7-9(2)15-16/h4-7H,1-3H3,(H2,14,17). The maximum absolute atomic E-state index is 11.4. The van der Waals surface area contributed by atoms with Crippen LogP contribution in [0.2, 0.25) is 0 Å². The fraction of sp³-hybridized carbons (Fsp3) is 0.231. The topological polar surface area (TPSA) is 60.9 Å². The Bertz CT molecular complexity index is 584. The van der Waals surface area contributed by atoms with E-state index in [1.54, 1.807) is 10.7 Å². The lowest BCUT2D eigenvalue weighted by Crippen LogP contribution is -2.15. The molecule has 0 unspecified atom stereocenters. The van der Waals surface area contributed by atoms with E-state index in [1.165, 1.54) is 0 Å². The maximum atomic E-state index is 11.4. The van der Waals surface area contributed by atoms with Gasteiger partial charge in [-0.15, -0.1) is 0 Å². The third-order valence-electron chi connectivity index (χ3n) is 2.66. The van der Waals surface area contributed by atoms with Gasteiger partial charge in [0.05, 0.1) is 16.9 Å². The number of hydrogen-bond donors (Lipinski definition) is 1. The van der Waals surface area contributed by atoms with E-state index in [2.05, 4.69) is 5.10 Å². The fourth-order valence-corrected chi connectivity index (χ4v) is 1.90. The molecule has 1 aromatic carbocycles. The average Bonchev–Trinajstić information content (AvgIpc) is 2.57. The van der Waals surface area contributed by atoms with Crippen LogP contribution >= 0.6 is 0 Å². The van der Waals surface area contributed by atoms with Gasteiger partial charge >= 0.3 is 0 Å². The molecular formula is C13H15N3O. The fourth-order valence-electron chi connectivity index (χ4n) is 1.90. The average molecular weight is 229 g/mol. The van der Waals surface area contributed by atoms with Crippen molar-refractivity contribution in [3.8, 4) is 5.69 Å². The molecule has 1 aromatic heterocycles. The van der Waals surface area contributed by atoms with Crippen LogP contribution in [0.5, 0.6) is 0 Å². The number of nitrogens with two attached hydrogens (primary N) is 1. The molecule has 0 radical (unpaired) electrons. The van der Waals surface area contributed by atoms with E-state index in [4.69, 9.17) is 5.73 Å². The van der Waals surface area contributed by atoms with Gasteiger partial charge in [-0.25, -0.2) is 4.68 Å². The van der Waals surface area contributed by atoms with E-state index in [0.29, 0.717) is 5.56 Å². The van der Waals surface area contributed by atoms with Crippen molar-refractivity contribution in [2.45, 2.75) is 20.8 Å². The summed E-state index contributed by atoms with van der Waals surface area (Å²) in [4.78, 5) is 11.4. The molecule has 2 aromatic rings. The number of primary amides is 1. The Morgan fingerprint density at radius 3 is 2.47 bits per heavy atom. The van der Waals surface area contributed by atoms with Gasteiger partial charge in [0.2, 0.25) is 0 Å². The van der Waals surface area contributed by atoms with Gasteiger partial charge in [0.25, 0.3) is 5.91 Å². The highest BCUT2D eigenvalue weighted by Crippen LogP contribution is 2.18. The number of carbonyl (C=O) groups is 1. The predicted octanol–water partition coefficient (Wildman–Crippen LogP) is 1.90. The van der Waals surface area contributed by atoms with Gasteiger partial charge in [0.15, 0.2) is 0 Å². The van der Waals surface area contributed by atoms with Crippen LogP contribution in [0.1, 0.15) is 27.3 Å². The lowest BCUT2D eigenvalue weighted by atomic mass is 10.1. The molecule has 2 N–H and O–H groups in total. The number of aromatic nitrogens is 2. The molecule has 0 aliphatic rings. The van der Waals surface area contributed by atoms with Crippen LogP contribution in [0.15, 0.2) is 24.3 Å². The molecule has 17 heavy (non-hydrogen) atoms. The lowest BCUT2D eigenvalue weighted by molar-refractivity contribution is 0.1000. The first-order valence-corrected chi connectivity index (χ1v) is 5.43. The highest BCUT2D eigenvalue weighted by molar-refractivity contribution is 5.96. The minimum atomic E-state index is -0.437. The van der Waals surface area contributed by atoms with Crippen molar-refractivity contribution in [3.05, 3.63) is 46.8 Å².